The molecule has 0 amide bonds. The molecule has 0 spiro atoms. The number of morpholine rings is 1. The highest BCUT2D eigenvalue weighted by Crippen LogP contribution is 2.39. The van der Waals surface area contributed by atoms with Crippen molar-refractivity contribution in [1.82, 2.24) is 14.8 Å². The van der Waals surface area contributed by atoms with Gasteiger partial charge in [0.1, 0.15) is 0 Å². The first-order valence-corrected chi connectivity index (χ1v) is 9.61. The Kier molecular flexibility index (Phi) is 4.37. The van der Waals surface area contributed by atoms with Gasteiger partial charge in [-0.05, 0) is 24.3 Å². The smallest absolute Gasteiger partial charge is 0.173 e. The minimum Gasteiger partial charge on any atom is -0.489 e. The summed E-state index contributed by atoms with van der Waals surface area (Å²) in [6.45, 7) is 4.13. The molecular weight excluding hydrogens is 354 g/mol. The number of ether oxygens (including phenoxy) is 2. The van der Waals surface area contributed by atoms with Crippen LogP contribution in [0.2, 0.25) is 0 Å². The zero-order chi connectivity index (χ0) is 18.9. The monoisotopic (exact) mass is 377 g/mol. The lowest BCUT2D eigenvalue weighted by Crippen LogP contribution is -2.36. The Labute approximate surface area is 163 Å². The van der Waals surface area contributed by atoms with E-state index in [1.165, 1.54) is 11.3 Å². The van der Waals surface area contributed by atoms with Gasteiger partial charge >= 0.3 is 0 Å². The molecule has 7 nitrogen and oxygen atoms in total. The summed E-state index contributed by atoms with van der Waals surface area (Å²) in [5.74, 6) is 1.61. The largest absolute Gasteiger partial charge is 0.489 e. The number of fused-ring (bicyclic) bond motifs is 1. The minimum atomic E-state index is 0.680. The predicted molar refractivity (Wildman–Crippen MR) is 108 cm³/mol. The van der Waals surface area contributed by atoms with Gasteiger partial charge in [-0.3, -0.25) is 4.68 Å². The summed E-state index contributed by atoms with van der Waals surface area (Å²) in [6.07, 6.45) is 6.67. The van der Waals surface area contributed by atoms with Gasteiger partial charge < -0.3 is 19.7 Å². The van der Waals surface area contributed by atoms with E-state index in [1.54, 1.807) is 4.68 Å². The van der Waals surface area contributed by atoms with Crippen LogP contribution in [0.5, 0.6) is 5.75 Å². The molecule has 5 rings (SSSR count). The number of benzene rings is 1. The Balaban J connectivity index is 1.39. The van der Waals surface area contributed by atoms with E-state index >= 15 is 0 Å². The van der Waals surface area contributed by atoms with Crippen molar-refractivity contribution in [3.63, 3.8) is 0 Å². The molecule has 1 N–H and O–H groups in total. The van der Waals surface area contributed by atoms with Crippen LogP contribution in [0.3, 0.4) is 0 Å². The van der Waals surface area contributed by atoms with Crippen LogP contribution in [0.1, 0.15) is 5.56 Å². The van der Waals surface area contributed by atoms with Crippen molar-refractivity contribution in [2.24, 2.45) is 7.05 Å². The second-order valence-corrected chi connectivity index (χ2v) is 7.10. The summed E-state index contributed by atoms with van der Waals surface area (Å²) in [5, 5.41) is 7.69. The number of nitrogens with one attached hydrogen (secondary N) is 1. The first-order valence-electron chi connectivity index (χ1n) is 9.61. The average molecular weight is 377 g/mol. The number of hydrogen-bond donors (Lipinski definition) is 1. The maximum atomic E-state index is 5.92. The normalized spacial score (nSPS) is 16.0. The molecule has 7 heteroatoms. The fraction of sp³-hybridized carbons (Fsp3) is 0.333. The van der Waals surface area contributed by atoms with Gasteiger partial charge in [-0.2, -0.15) is 5.10 Å². The zero-order valence-corrected chi connectivity index (χ0v) is 15.9. The summed E-state index contributed by atoms with van der Waals surface area (Å²) >= 11 is 0. The quantitative estimate of drug-likeness (QED) is 0.754. The second-order valence-electron chi connectivity index (χ2n) is 7.10. The second kappa shape index (κ2) is 7.16. The van der Waals surface area contributed by atoms with Crippen molar-refractivity contribution in [3.05, 3.63) is 48.4 Å². The molecule has 2 aliphatic rings. The van der Waals surface area contributed by atoms with Crippen LogP contribution in [0, 0.1) is 0 Å². The Morgan fingerprint density at radius 3 is 2.61 bits per heavy atom. The van der Waals surface area contributed by atoms with Gasteiger partial charge in [-0.15, -0.1) is 0 Å². The van der Waals surface area contributed by atoms with Crippen molar-refractivity contribution in [1.29, 1.82) is 0 Å². The molecule has 2 aliphatic heterocycles. The molecule has 0 unspecified atom stereocenters. The average Bonchev–Trinajstić information content (AvgIpc) is 3.39. The zero-order valence-electron chi connectivity index (χ0n) is 15.9. The number of hydrogen-bond acceptors (Lipinski definition) is 6. The van der Waals surface area contributed by atoms with Crippen molar-refractivity contribution < 1.29 is 9.47 Å². The fourth-order valence-corrected chi connectivity index (χ4v) is 3.80. The first-order chi connectivity index (χ1) is 13.8. The van der Waals surface area contributed by atoms with Gasteiger partial charge in [0.15, 0.2) is 11.6 Å². The number of pyridine rings is 1. The van der Waals surface area contributed by atoms with E-state index in [4.69, 9.17) is 9.47 Å². The van der Waals surface area contributed by atoms with Crippen LogP contribution >= 0.6 is 0 Å². The van der Waals surface area contributed by atoms with Crippen molar-refractivity contribution in [3.8, 4) is 16.9 Å². The summed E-state index contributed by atoms with van der Waals surface area (Å²) in [5.41, 5.74) is 5.56. The lowest BCUT2D eigenvalue weighted by atomic mass is 10.0. The third-order valence-corrected chi connectivity index (χ3v) is 5.26. The van der Waals surface area contributed by atoms with Crippen LogP contribution in [0.25, 0.3) is 11.1 Å². The summed E-state index contributed by atoms with van der Waals surface area (Å²) in [4.78, 5) is 6.99. The fourth-order valence-electron chi connectivity index (χ4n) is 3.80. The maximum Gasteiger partial charge on any atom is 0.173 e. The lowest BCUT2D eigenvalue weighted by molar-refractivity contribution is 0.122. The van der Waals surface area contributed by atoms with Crippen LogP contribution in [-0.4, -0.2) is 47.7 Å². The summed E-state index contributed by atoms with van der Waals surface area (Å²) in [6, 6.07) is 8.45. The van der Waals surface area contributed by atoms with Gasteiger partial charge in [-0.25, -0.2) is 4.98 Å². The van der Waals surface area contributed by atoms with E-state index in [0.29, 0.717) is 6.61 Å². The van der Waals surface area contributed by atoms with E-state index in [1.807, 2.05) is 25.6 Å². The predicted octanol–water partition coefficient (Wildman–Crippen LogP) is 3.00. The van der Waals surface area contributed by atoms with E-state index < -0.39 is 0 Å². The van der Waals surface area contributed by atoms with Crippen LogP contribution in [0.15, 0.2) is 42.9 Å². The Bertz CT molecular complexity index is 977. The standard InChI is InChI=1S/C21H23N5O2/c1-25-14-15(12-23-25)19-13-22-21(20-18(19)6-9-28-20)24-16-2-4-17(5-3-16)26-7-10-27-11-8-26/h2-5,12-14H,6-11H2,1H3,(H,22,24). The molecule has 1 fully saturated rings. The highest BCUT2D eigenvalue weighted by molar-refractivity contribution is 5.75. The summed E-state index contributed by atoms with van der Waals surface area (Å²) < 4.78 is 13.1. The molecule has 1 saturated heterocycles. The molecule has 0 radical (unpaired) electrons. The highest BCUT2D eigenvalue weighted by atomic mass is 16.5. The molecular formula is C21H23N5O2. The molecule has 3 aromatic rings. The number of aryl methyl sites for hydroxylation is 1. The number of nitrogens with zero attached hydrogens (tertiary/aromatic N) is 4. The van der Waals surface area contributed by atoms with E-state index in [-0.39, 0.29) is 0 Å². The van der Waals surface area contributed by atoms with Crippen molar-refractivity contribution in [2.75, 3.05) is 43.1 Å². The molecule has 0 bridgehead atoms. The van der Waals surface area contributed by atoms with Crippen LogP contribution in [0.4, 0.5) is 17.2 Å². The maximum absolute atomic E-state index is 5.92. The van der Waals surface area contributed by atoms with E-state index in [2.05, 4.69) is 44.6 Å². The molecule has 0 aliphatic carbocycles. The summed E-state index contributed by atoms with van der Waals surface area (Å²) in [7, 11) is 1.92. The van der Waals surface area contributed by atoms with Crippen LogP contribution in [-0.2, 0) is 18.2 Å². The van der Waals surface area contributed by atoms with Crippen LogP contribution < -0.4 is 15.0 Å². The third kappa shape index (κ3) is 3.18. The van der Waals surface area contributed by atoms with Gasteiger partial charge in [-0.1, -0.05) is 0 Å². The van der Waals surface area contributed by atoms with Crippen molar-refractivity contribution in [2.45, 2.75) is 6.42 Å². The number of aromatic nitrogens is 3. The topological polar surface area (TPSA) is 64.4 Å². The van der Waals surface area contributed by atoms with E-state index in [0.717, 1.165) is 61.1 Å². The van der Waals surface area contributed by atoms with Gasteiger partial charge in [0.2, 0.25) is 0 Å². The minimum absolute atomic E-state index is 0.680. The highest BCUT2D eigenvalue weighted by Gasteiger charge is 2.23. The number of anilines is 3. The van der Waals surface area contributed by atoms with Gasteiger partial charge in [0.25, 0.3) is 0 Å². The Morgan fingerprint density at radius 2 is 1.86 bits per heavy atom. The molecule has 28 heavy (non-hydrogen) atoms. The molecule has 144 valence electrons. The SMILES string of the molecule is Cn1cc(-c2cnc(Nc3ccc(N4CCOCC4)cc3)c3c2CCO3)cn1. The molecule has 2 aromatic heterocycles. The number of rotatable bonds is 4. The van der Waals surface area contributed by atoms with Gasteiger partial charge in [0, 0.05) is 67.0 Å². The van der Waals surface area contributed by atoms with Gasteiger partial charge in [0.05, 0.1) is 26.0 Å². The first kappa shape index (κ1) is 17.1. The van der Waals surface area contributed by atoms with Crippen molar-refractivity contribution >= 4 is 17.2 Å². The van der Waals surface area contributed by atoms with E-state index in [9.17, 15) is 0 Å². The molecule has 1 aromatic carbocycles. The lowest BCUT2D eigenvalue weighted by Gasteiger charge is -2.28. The molecule has 4 heterocycles. The molecule has 0 saturated carbocycles. The Morgan fingerprint density at radius 1 is 1.04 bits per heavy atom. The third-order valence-electron chi connectivity index (χ3n) is 5.26. The molecule has 0 atom stereocenters. The Hall–Kier alpha value is -3.06.